The van der Waals surface area contributed by atoms with Gasteiger partial charge in [0.25, 0.3) is 0 Å². The molecule has 0 fully saturated rings. The van der Waals surface area contributed by atoms with Crippen molar-refractivity contribution >= 4 is 13.7 Å². The number of phosphoric ester groups is 1. The second kappa shape index (κ2) is 48.4. The van der Waals surface area contributed by atoms with Gasteiger partial charge in [0, 0.05) is 13.0 Å². The number of nitrogens with one attached hydrogen (secondary N) is 1. The number of carbonyl (C=O) groups is 1. The van der Waals surface area contributed by atoms with Crippen LogP contribution in [-0.2, 0) is 18.4 Å². The molecular formula is C53H97N2O6P. The zero-order valence-corrected chi connectivity index (χ0v) is 41.0. The van der Waals surface area contributed by atoms with Crippen LogP contribution < -0.4 is 11.1 Å². The first-order valence-corrected chi connectivity index (χ1v) is 27.1. The van der Waals surface area contributed by atoms with Crippen LogP contribution in [0.3, 0.4) is 0 Å². The molecule has 9 heteroatoms. The molecule has 1 amide bonds. The van der Waals surface area contributed by atoms with Crippen LogP contribution in [0, 0.1) is 0 Å². The lowest BCUT2D eigenvalue weighted by atomic mass is 10.0. The Hall–Kier alpha value is -2.06. The summed E-state index contributed by atoms with van der Waals surface area (Å²) in [4.78, 5) is 22.8. The van der Waals surface area contributed by atoms with Gasteiger partial charge in [-0.05, 0) is 64.2 Å². The van der Waals surface area contributed by atoms with Crippen LogP contribution in [0.15, 0.2) is 72.9 Å². The summed E-state index contributed by atoms with van der Waals surface area (Å²) in [5.74, 6) is -0.206. The minimum atomic E-state index is -4.35. The predicted octanol–water partition coefficient (Wildman–Crippen LogP) is 15.2. The van der Waals surface area contributed by atoms with Crippen LogP contribution in [0.4, 0.5) is 0 Å². The van der Waals surface area contributed by atoms with E-state index in [2.05, 4.69) is 79.9 Å². The number of hydrogen-bond acceptors (Lipinski definition) is 6. The summed E-state index contributed by atoms with van der Waals surface area (Å²) in [6.07, 6.45) is 63.9. The Balaban J connectivity index is 4.15. The van der Waals surface area contributed by atoms with Crippen molar-refractivity contribution < 1.29 is 28.4 Å². The van der Waals surface area contributed by atoms with Crippen LogP contribution in [0.25, 0.3) is 0 Å². The summed E-state index contributed by atoms with van der Waals surface area (Å²) in [5.41, 5.74) is 5.39. The third kappa shape index (κ3) is 45.9. The van der Waals surface area contributed by atoms with E-state index in [4.69, 9.17) is 14.8 Å². The first-order chi connectivity index (χ1) is 30.4. The van der Waals surface area contributed by atoms with Crippen LogP contribution in [-0.4, -0.2) is 47.8 Å². The van der Waals surface area contributed by atoms with Gasteiger partial charge in [0.05, 0.1) is 25.4 Å². The number of carbonyl (C=O) groups excluding carboxylic acids is 1. The molecule has 0 aromatic carbocycles. The van der Waals surface area contributed by atoms with E-state index in [1.165, 1.54) is 122 Å². The van der Waals surface area contributed by atoms with Crippen LogP contribution in [0.1, 0.15) is 226 Å². The molecule has 3 atom stereocenters. The van der Waals surface area contributed by atoms with Gasteiger partial charge in [-0.25, -0.2) is 4.57 Å². The molecule has 0 aliphatic rings. The molecule has 3 unspecified atom stereocenters. The molecule has 0 aromatic heterocycles. The Kier molecular flexibility index (Phi) is 46.8. The topological polar surface area (TPSA) is 131 Å². The van der Waals surface area contributed by atoms with E-state index < -0.39 is 20.0 Å². The monoisotopic (exact) mass is 889 g/mol. The lowest BCUT2D eigenvalue weighted by Crippen LogP contribution is -2.45. The van der Waals surface area contributed by atoms with Crippen molar-refractivity contribution in [1.82, 2.24) is 5.32 Å². The van der Waals surface area contributed by atoms with E-state index in [0.29, 0.717) is 6.42 Å². The Morgan fingerprint density at radius 1 is 0.548 bits per heavy atom. The SMILES string of the molecule is CC/C=C\C/C=C\C/C=C\C/C=C\C/C=C\CCCCCCCCCC(=O)NC(COP(=O)(O)OCCN)C(O)/C=C/CCCCCCCCCCCCCCCCCCCC. The van der Waals surface area contributed by atoms with Crippen LogP contribution >= 0.6 is 7.82 Å². The highest BCUT2D eigenvalue weighted by Crippen LogP contribution is 2.43. The molecular weight excluding hydrogens is 792 g/mol. The van der Waals surface area contributed by atoms with Crippen molar-refractivity contribution in [3.8, 4) is 0 Å². The molecule has 0 bridgehead atoms. The number of amides is 1. The van der Waals surface area contributed by atoms with Gasteiger partial charge in [0.1, 0.15) is 0 Å². The van der Waals surface area contributed by atoms with E-state index in [0.717, 1.165) is 83.5 Å². The lowest BCUT2D eigenvalue weighted by molar-refractivity contribution is -0.123. The van der Waals surface area contributed by atoms with E-state index in [9.17, 15) is 19.4 Å². The number of nitrogens with two attached hydrogens (primary N) is 1. The quantitative estimate of drug-likeness (QED) is 0.0272. The summed E-state index contributed by atoms with van der Waals surface area (Å²) in [6.45, 7) is 4.03. The van der Waals surface area contributed by atoms with Crippen molar-refractivity contribution in [3.63, 3.8) is 0 Å². The lowest BCUT2D eigenvalue weighted by Gasteiger charge is -2.23. The standard InChI is InChI=1S/C53H97N2O6P/c1-3-5-7-9-11-13-15-17-19-21-23-25-26-27-29-31-33-35-37-39-41-43-45-47-53(57)55-51(50-61-62(58,59)60-49-48-54)52(56)46-44-42-40-38-36-34-32-30-28-24-22-20-18-16-14-12-10-8-6-4-2/h5,7,11,13,17,19,23,25,27,29,44,46,51-52,56H,3-4,6,8-10,12,14-16,18,20-22,24,26,28,30-43,45,47-50,54H2,1-2H3,(H,55,57)(H,58,59)/b7-5-,13-11-,19-17-,25-23-,29-27-,46-44+. The van der Waals surface area contributed by atoms with Gasteiger partial charge in [-0.15, -0.1) is 0 Å². The predicted molar refractivity (Wildman–Crippen MR) is 267 cm³/mol. The molecule has 0 aliphatic carbocycles. The summed E-state index contributed by atoms with van der Waals surface area (Å²) >= 11 is 0. The fraction of sp³-hybridized carbons (Fsp3) is 0.755. The molecule has 0 heterocycles. The van der Waals surface area contributed by atoms with E-state index in [1.54, 1.807) is 6.08 Å². The Morgan fingerprint density at radius 3 is 1.37 bits per heavy atom. The minimum absolute atomic E-state index is 0.0734. The second-order valence-corrected chi connectivity index (χ2v) is 18.5. The highest BCUT2D eigenvalue weighted by atomic mass is 31.2. The van der Waals surface area contributed by atoms with E-state index in [1.807, 2.05) is 6.08 Å². The number of unbranched alkanes of at least 4 members (excludes halogenated alkanes) is 25. The molecule has 8 nitrogen and oxygen atoms in total. The maximum atomic E-state index is 12.8. The molecule has 360 valence electrons. The number of allylic oxidation sites excluding steroid dienone is 11. The third-order valence-electron chi connectivity index (χ3n) is 11.0. The number of hydrogen-bond donors (Lipinski definition) is 4. The normalized spacial score (nSPS) is 14.5. The maximum Gasteiger partial charge on any atom is 0.472 e. The summed E-state index contributed by atoms with van der Waals surface area (Å²) in [6, 6.07) is -0.871. The van der Waals surface area contributed by atoms with Crippen molar-refractivity contribution in [2.24, 2.45) is 5.73 Å². The third-order valence-corrected chi connectivity index (χ3v) is 12.0. The van der Waals surface area contributed by atoms with Crippen molar-refractivity contribution in [3.05, 3.63) is 72.9 Å². The molecule has 0 saturated carbocycles. The smallest absolute Gasteiger partial charge is 0.387 e. The van der Waals surface area contributed by atoms with Gasteiger partial charge >= 0.3 is 7.82 Å². The molecule has 0 rings (SSSR count). The molecule has 0 radical (unpaired) electrons. The maximum absolute atomic E-state index is 12.8. The van der Waals surface area contributed by atoms with Crippen molar-refractivity contribution in [2.45, 2.75) is 238 Å². The average molecular weight is 889 g/mol. The van der Waals surface area contributed by atoms with Gasteiger partial charge in [-0.2, -0.15) is 0 Å². The first kappa shape index (κ1) is 59.9. The average Bonchev–Trinajstić information content (AvgIpc) is 3.26. The van der Waals surface area contributed by atoms with E-state index in [-0.39, 0.29) is 25.7 Å². The molecule has 0 aromatic rings. The van der Waals surface area contributed by atoms with Crippen molar-refractivity contribution in [2.75, 3.05) is 19.8 Å². The largest absolute Gasteiger partial charge is 0.472 e. The number of aliphatic hydroxyl groups is 1. The molecule has 0 aliphatic heterocycles. The van der Waals surface area contributed by atoms with Gasteiger partial charge < -0.3 is 21.1 Å². The summed E-state index contributed by atoms with van der Waals surface area (Å²) < 4.78 is 22.2. The molecule has 5 N–H and O–H groups in total. The second-order valence-electron chi connectivity index (χ2n) is 17.0. The minimum Gasteiger partial charge on any atom is -0.387 e. The summed E-state index contributed by atoms with van der Waals surface area (Å²) in [7, 11) is -4.35. The van der Waals surface area contributed by atoms with Crippen LogP contribution in [0.5, 0.6) is 0 Å². The highest BCUT2D eigenvalue weighted by molar-refractivity contribution is 7.47. The van der Waals surface area contributed by atoms with Gasteiger partial charge in [0.15, 0.2) is 0 Å². The zero-order chi connectivity index (χ0) is 45.3. The number of phosphoric acid groups is 1. The molecule has 0 saturated heterocycles. The fourth-order valence-electron chi connectivity index (χ4n) is 7.22. The summed E-state index contributed by atoms with van der Waals surface area (Å²) in [5, 5.41) is 13.7. The van der Waals surface area contributed by atoms with Gasteiger partial charge in [0.2, 0.25) is 5.91 Å². The Morgan fingerprint density at radius 2 is 0.935 bits per heavy atom. The van der Waals surface area contributed by atoms with Crippen LogP contribution in [0.2, 0.25) is 0 Å². The highest BCUT2D eigenvalue weighted by Gasteiger charge is 2.26. The zero-order valence-electron chi connectivity index (χ0n) is 40.1. The Bertz CT molecular complexity index is 1200. The Labute approximate surface area is 382 Å². The van der Waals surface area contributed by atoms with Gasteiger partial charge in [-0.3, -0.25) is 13.8 Å². The van der Waals surface area contributed by atoms with Crippen molar-refractivity contribution in [1.29, 1.82) is 0 Å². The molecule has 62 heavy (non-hydrogen) atoms. The van der Waals surface area contributed by atoms with E-state index >= 15 is 0 Å². The number of rotatable bonds is 47. The number of aliphatic hydroxyl groups excluding tert-OH is 1. The fourth-order valence-corrected chi connectivity index (χ4v) is 7.98. The molecule has 0 spiro atoms. The first-order valence-electron chi connectivity index (χ1n) is 25.6. The van der Waals surface area contributed by atoms with Gasteiger partial charge in [-0.1, -0.05) is 228 Å².